The van der Waals surface area contributed by atoms with E-state index in [9.17, 15) is 4.79 Å². The molecule has 0 aliphatic heterocycles. The Balaban J connectivity index is 0.000000791. The van der Waals surface area contributed by atoms with Crippen LogP contribution < -0.4 is 5.73 Å². The number of nitrogens with zero attached hydrogens (tertiary/aromatic N) is 1. The van der Waals surface area contributed by atoms with E-state index in [0.29, 0.717) is 22.3 Å². The van der Waals surface area contributed by atoms with Gasteiger partial charge in [0.2, 0.25) is 0 Å². The lowest BCUT2D eigenvalue weighted by Gasteiger charge is -1.97. The van der Waals surface area contributed by atoms with Gasteiger partial charge >= 0.3 is 5.97 Å². The van der Waals surface area contributed by atoms with Crippen LogP contribution in [0.1, 0.15) is 36.1 Å². The maximum atomic E-state index is 11.2. The summed E-state index contributed by atoms with van der Waals surface area (Å²) in [6.45, 7) is 7.87. The summed E-state index contributed by atoms with van der Waals surface area (Å²) >= 11 is 1.15. The van der Waals surface area contributed by atoms with Gasteiger partial charge in [-0.25, -0.2) is 9.78 Å². The van der Waals surface area contributed by atoms with Crippen molar-refractivity contribution in [1.82, 2.24) is 4.98 Å². The molecule has 0 fully saturated rings. The Morgan fingerprint density at radius 1 is 1.57 bits per heavy atom. The first kappa shape index (κ1) is 12.9. The molecule has 0 saturated heterocycles. The van der Waals surface area contributed by atoms with Crippen LogP contribution in [0.3, 0.4) is 0 Å². The van der Waals surface area contributed by atoms with Gasteiger partial charge in [-0.15, -0.1) is 0 Å². The summed E-state index contributed by atoms with van der Waals surface area (Å²) in [5, 5.41) is 0.399. The van der Waals surface area contributed by atoms with Gasteiger partial charge in [-0.1, -0.05) is 25.2 Å². The standard InChI is InChI=1S/C7H10N2O2S.C2H6/c1-3-11-6(10)5-4(2)9-7(8)12-5;1-2/h3H2,1-2H3,(H2,8,9);1-2H3. The topological polar surface area (TPSA) is 65.2 Å². The molecule has 0 saturated carbocycles. The summed E-state index contributed by atoms with van der Waals surface area (Å²) in [5.74, 6) is -0.343. The van der Waals surface area contributed by atoms with Crippen molar-refractivity contribution in [3.8, 4) is 0 Å². The van der Waals surface area contributed by atoms with Crippen LogP contribution >= 0.6 is 11.3 Å². The zero-order valence-corrected chi connectivity index (χ0v) is 9.77. The number of ether oxygens (including phenoxy) is 1. The summed E-state index contributed by atoms with van der Waals surface area (Å²) in [6.07, 6.45) is 0. The number of thiazole rings is 1. The third-order valence-corrected chi connectivity index (χ3v) is 2.24. The average Bonchev–Trinajstić information content (AvgIpc) is 2.49. The van der Waals surface area contributed by atoms with Gasteiger partial charge < -0.3 is 10.5 Å². The van der Waals surface area contributed by atoms with E-state index in [4.69, 9.17) is 10.5 Å². The number of nitrogens with two attached hydrogens (primary N) is 1. The van der Waals surface area contributed by atoms with Gasteiger partial charge in [0.05, 0.1) is 12.3 Å². The quantitative estimate of drug-likeness (QED) is 0.770. The second-order valence-corrected chi connectivity index (χ2v) is 3.22. The maximum absolute atomic E-state index is 11.2. The molecule has 80 valence electrons. The molecule has 1 aromatic heterocycles. The molecule has 2 N–H and O–H groups in total. The normalized spacial score (nSPS) is 8.86. The van der Waals surface area contributed by atoms with Crippen molar-refractivity contribution in [2.45, 2.75) is 27.7 Å². The lowest BCUT2D eigenvalue weighted by atomic mass is 10.4. The smallest absolute Gasteiger partial charge is 0.350 e. The second kappa shape index (κ2) is 6.37. The van der Waals surface area contributed by atoms with Crippen LogP contribution in [0.4, 0.5) is 5.13 Å². The van der Waals surface area contributed by atoms with Gasteiger partial charge in [0.15, 0.2) is 5.13 Å². The molecule has 0 unspecified atom stereocenters. The summed E-state index contributed by atoms with van der Waals surface area (Å²) in [5.41, 5.74) is 6.05. The van der Waals surface area contributed by atoms with Crippen molar-refractivity contribution < 1.29 is 9.53 Å². The molecule has 0 bridgehead atoms. The fraction of sp³-hybridized carbons (Fsp3) is 0.556. The number of aromatic nitrogens is 1. The zero-order chi connectivity index (χ0) is 11.1. The number of carbonyl (C=O) groups is 1. The number of aryl methyl sites for hydroxylation is 1. The largest absolute Gasteiger partial charge is 0.462 e. The molecular formula is C9H16N2O2S. The van der Waals surface area contributed by atoms with Gasteiger partial charge in [0, 0.05) is 0 Å². The Hall–Kier alpha value is -1.10. The molecule has 0 radical (unpaired) electrons. The number of carbonyl (C=O) groups excluding carboxylic acids is 1. The predicted molar refractivity (Wildman–Crippen MR) is 58.6 cm³/mol. The third kappa shape index (κ3) is 3.33. The van der Waals surface area contributed by atoms with Crippen LogP contribution in [0.2, 0.25) is 0 Å². The predicted octanol–water partition coefficient (Wildman–Crippen LogP) is 2.24. The van der Waals surface area contributed by atoms with E-state index in [-0.39, 0.29) is 5.97 Å². The third-order valence-electron chi connectivity index (χ3n) is 1.27. The molecule has 0 atom stereocenters. The van der Waals surface area contributed by atoms with Crippen molar-refractivity contribution in [1.29, 1.82) is 0 Å². The molecule has 0 aliphatic carbocycles. The van der Waals surface area contributed by atoms with Gasteiger partial charge in [-0.3, -0.25) is 0 Å². The van der Waals surface area contributed by atoms with Crippen molar-refractivity contribution in [2.75, 3.05) is 12.3 Å². The summed E-state index contributed by atoms with van der Waals surface area (Å²) in [6, 6.07) is 0. The van der Waals surface area contributed by atoms with E-state index in [1.165, 1.54) is 0 Å². The highest BCUT2D eigenvalue weighted by atomic mass is 32.1. The van der Waals surface area contributed by atoms with Gasteiger partial charge in [-0.2, -0.15) is 0 Å². The van der Waals surface area contributed by atoms with E-state index >= 15 is 0 Å². The van der Waals surface area contributed by atoms with Crippen molar-refractivity contribution >= 4 is 22.4 Å². The van der Waals surface area contributed by atoms with Crippen molar-refractivity contribution in [3.63, 3.8) is 0 Å². The van der Waals surface area contributed by atoms with Gasteiger partial charge in [0.25, 0.3) is 0 Å². The van der Waals surface area contributed by atoms with Crippen LogP contribution in [0, 0.1) is 6.92 Å². The fourth-order valence-corrected chi connectivity index (χ4v) is 1.53. The van der Waals surface area contributed by atoms with Crippen LogP contribution in [0.25, 0.3) is 0 Å². The van der Waals surface area contributed by atoms with Crippen LogP contribution in [-0.2, 0) is 4.74 Å². The zero-order valence-electron chi connectivity index (χ0n) is 8.96. The van der Waals surface area contributed by atoms with Crippen molar-refractivity contribution in [3.05, 3.63) is 10.6 Å². The molecule has 5 heteroatoms. The Kier molecular flexibility index (Phi) is 5.87. The number of hydrogen-bond donors (Lipinski definition) is 1. The fourth-order valence-electron chi connectivity index (χ4n) is 0.803. The molecule has 0 aliphatic rings. The number of anilines is 1. The van der Waals surface area contributed by atoms with Crippen molar-refractivity contribution in [2.24, 2.45) is 0 Å². The number of esters is 1. The van der Waals surface area contributed by atoms with E-state index < -0.39 is 0 Å². The van der Waals surface area contributed by atoms with Gasteiger partial charge in [-0.05, 0) is 13.8 Å². The Morgan fingerprint density at radius 3 is 2.50 bits per heavy atom. The first-order chi connectivity index (χ1) is 6.65. The van der Waals surface area contributed by atoms with Gasteiger partial charge in [0.1, 0.15) is 4.88 Å². The van der Waals surface area contributed by atoms with Crippen LogP contribution in [-0.4, -0.2) is 17.6 Å². The Labute approximate surface area is 88.1 Å². The van der Waals surface area contributed by atoms with E-state index in [1.54, 1.807) is 13.8 Å². The number of hydrogen-bond acceptors (Lipinski definition) is 5. The molecule has 4 nitrogen and oxygen atoms in total. The molecule has 0 spiro atoms. The van der Waals surface area contributed by atoms with E-state index in [1.807, 2.05) is 13.8 Å². The SMILES string of the molecule is CC.CCOC(=O)c1sc(N)nc1C. The van der Waals surface area contributed by atoms with E-state index in [2.05, 4.69) is 4.98 Å². The Morgan fingerprint density at radius 2 is 2.14 bits per heavy atom. The minimum Gasteiger partial charge on any atom is -0.462 e. The summed E-state index contributed by atoms with van der Waals surface area (Å²) in [4.78, 5) is 15.6. The number of nitrogen functional groups attached to an aromatic ring is 1. The summed E-state index contributed by atoms with van der Waals surface area (Å²) < 4.78 is 4.80. The number of rotatable bonds is 2. The first-order valence-corrected chi connectivity index (χ1v) is 5.36. The first-order valence-electron chi connectivity index (χ1n) is 4.55. The monoisotopic (exact) mass is 216 g/mol. The molecule has 1 heterocycles. The summed E-state index contributed by atoms with van der Waals surface area (Å²) in [7, 11) is 0. The molecular weight excluding hydrogens is 200 g/mol. The highest BCUT2D eigenvalue weighted by molar-refractivity contribution is 7.17. The molecule has 0 aromatic carbocycles. The molecule has 14 heavy (non-hydrogen) atoms. The van der Waals surface area contributed by atoms with E-state index in [0.717, 1.165) is 11.3 Å². The minimum absolute atomic E-state index is 0.343. The lowest BCUT2D eigenvalue weighted by molar-refractivity contribution is 0.0531. The second-order valence-electron chi connectivity index (χ2n) is 2.19. The van der Waals surface area contributed by atoms with Crippen LogP contribution in [0.15, 0.2) is 0 Å². The highest BCUT2D eigenvalue weighted by Gasteiger charge is 2.14. The van der Waals surface area contributed by atoms with Crippen LogP contribution in [0.5, 0.6) is 0 Å². The lowest BCUT2D eigenvalue weighted by Crippen LogP contribution is -2.03. The highest BCUT2D eigenvalue weighted by Crippen LogP contribution is 2.20. The molecule has 0 amide bonds. The average molecular weight is 216 g/mol. The maximum Gasteiger partial charge on any atom is 0.350 e. The minimum atomic E-state index is -0.343. The Bertz CT molecular complexity index is 297. The molecule has 1 rings (SSSR count). The molecule has 1 aromatic rings.